The summed E-state index contributed by atoms with van der Waals surface area (Å²) in [5.74, 6) is -1.77. The molecule has 37 heavy (non-hydrogen) atoms. The monoisotopic (exact) mass is 502 g/mol. The summed E-state index contributed by atoms with van der Waals surface area (Å²) in [6.07, 6.45) is 7.41. The van der Waals surface area contributed by atoms with Crippen molar-refractivity contribution in [3.63, 3.8) is 0 Å². The van der Waals surface area contributed by atoms with Gasteiger partial charge >= 0.3 is 0 Å². The Morgan fingerprint density at radius 3 is 2.03 bits per heavy atom. The molecule has 0 amide bonds. The van der Waals surface area contributed by atoms with E-state index < -0.39 is 33.6 Å². The molecule has 2 aliphatic rings. The predicted octanol–water partition coefficient (Wildman–Crippen LogP) is 7.92. The molecule has 0 spiro atoms. The van der Waals surface area contributed by atoms with Crippen LogP contribution in [0.4, 0.5) is 0 Å². The van der Waals surface area contributed by atoms with E-state index in [1.807, 2.05) is 73.6 Å². The molecule has 4 heteroatoms. The lowest BCUT2D eigenvalue weighted by atomic mass is 9.39. The first-order valence-corrected chi connectivity index (χ1v) is 13.3. The fourth-order valence-corrected chi connectivity index (χ4v) is 6.16. The van der Waals surface area contributed by atoms with Gasteiger partial charge in [0.2, 0.25) is 0 Å². The Morgan fingerprint density at radius 2 is 1.49 bits per heavy atom. The number of hydrogen-bond donors (Lipinski definition) is 1. The third kappa shape index (κ3) is 4.60. The molecule has 0 radical (unpaired) electrons. The minimum absolute atomic E-state index is 0.147. The zero-order chi connectivity index (χ0) is 27.8. The Balaban J connectivity index is 2.45. The third-order valence-corrected chi connectivity index (χ3v) is 8.47. The topological polar surface area (TPSA) is 71.4 Å². The molecule has 2 bridgehead atoms. The van der Waals surface area contributed by atoms with Crippen LogP contribution in [-0.4, -0.2) is 22.5 Å². The summed E-state index contributed by atoms with van der Waals surface area (Å²) in [7, 11) is 0. The van der Waals surface area contributed by atoms with Gasteiger partial charge in [-0.1, -0.05) is 79.1 Å². The van der Waals surface area contributed by atoms with Crippen molar-refractivity contribution >= 4 is 17.3 Å². The molecule has 3 rings (SSSR count). The number of aliphatic hydroxyl groups excluding tert-OH is 1. The maximum absolute atomic E-state index is 14.8. The third-order valence-electron chi connectivity index (χ3n) is 8.47. The number of ketones is 3. The van der Waals surface area contributed by atoms with Crippen LogP contribution in [-0.2, 0) is 9.59 Å². The van der Waals surface area contributed by atoms with Gasteiger partial charge in [-0.15, -0.1) is 0 Å². The molecule has 2 unspecified atom stereocenters. The van der Waals surface area contributed by atoms with E-state index >= 15 is 0 Å². The number of fused-ring (bicyclic) bond motifs is 2. The Kier molecular flexibility index (Phi) is 8.02. The van der Waals surface area contributed by atoms with Crippen molar-refractivity contribution in [3.8, 4) is 0 Å². The van der Waals surface area contributed by atoms with Crippen molar-refractivity contribution in [1.29, 1.82) is 0 Å². The van der Waals surface area contributed by atoms with E-state index in [2.05, 4.69) is 6.08 Å². The molecule has 0 saturated heterocycles. The van der Waals surface area contributed by atoms with Crippen molar-refractivity contribution in [2.45, 2.75) is 81.1 Å². The fraction of sp³-hybridized carbons (Fsp3) is 0.485. The lowest BCUT2D eigenvalue weighted by Gasteiger charge is -2.59. The van der Waals surface area contributed by atoms with E-state index in [0.29, 0.717) is 18.4 Å². The molecule has 1 saturated carbocycles. The molecule has 1 N–H and O–H groups in total. The minimum atomic E-state index is -1.92. The fourth-order valence-electron chi connectivity index (χ4n) is 6.16. The summed E-state index contributed by atoms with van der Waals surface area (Å²) in [5, 5.41) is 11.8. The first kappa shape index (κ1) is 28.6. The second-order valence-electron chi connectivity index (χ2n) is 12.1. The highest BCUT2D eigenvalue weighted by atomic mass is 16.3. The molecular weight excluding hydrogens is 460 g/mol. The Hall–Kier alpha value is -3.01. The number of allylic oxidation sites excluding steroid dienone is 8. The highest BCUT2D eigenvalue weighted by Crippen LogP contribution is 2.66. The van der Waals surface area contributed by atoms with Crippen LogP contribution in [0.5, 0.6) is 0 Å². The van der Waals surface area contributed by atoms with Crippen LogP contribution in [0.25, 0.3) is 0 Å². The molecule has 1 aromatic carbocycles. The highest BCUT2D eigenvalue weighted by molar-refractivity contribution is 6.36. The highest BCUT2D eigenvalue weighted by Gasteiger charge is 2.74. The van der Waals surface area contributed by atoms with Crippen molar-refractivity contribution in [2.75, 3.05) is 0 Å². The lowest BCUT2D eigenvalue weighted by Crippen LogP contribution is -2.69. The van der Waals surface area contributed by atoms with Crippen LogP contribution in [0.1, 0.15) is 91.4 Å². The summed E-state index contributed by atoms with van der Waals surface area (Å²) in [5.41, 5.74) is -0.517. The SMILES string of the molecule is CC(C)=CCC1=C(O)C2(CC=C(C)C)C[C@H](CC=C(C)C)C(C)(C)C(C(=O)c3ccccc3)(C1=O)C2=O. The van der Waals surface area contributed by atoms with Gasteiger partial charge in [-0.3, -0.25) is 14.4 Å². The minimum Gasteiger partial charge on any atom is -0.511 e. The molecule has 3 atom stereocenters. The number of carbonyl (C=O) groups is 3. The summed E-state index contributed by atoms with van der Waals surface area (Å²) in [6, 6.07) is 8.68. The number of rotatable bonds is 8. The van der Waals surface area contributed by atoms with Crippen LogP contribution < -0.4 is 0 Å². The Bertz CT molecular complexity index is 1210. The molecule has 198 valence electrons. The Labute approximate surface area is 222 Å². The van der Waals surface area contributed by atoms with Gasteiger partial charge < -0.3 is 5.11 Å². The average molecular weight is 503 g/mol. The summed E-state index contributed by atoms with van der Waals surface area (Å²) < 4.78 is 0. The first-order chi connectivity index (χ1) is 17.2. The van der Waals surface area contributed by atoms with Crippen molar-refractivity contribution < 1.29 is 19.5 Å². The summed E-state index contributed by atoms with van der Waals surface area (Å²) >= 11 is 0. The van der Waals surface area contributed by atoms with Crippen LogP contribution in [0.15, 0.2) is 76.6 Å². The molecule has 1 fully saturated rings. The standard InChI is InChI=1S/C33H42O4/c1-21(2)14-16-25-20-32(19-18-23(5)6)28(35)26(17-15-22(3)4)29(36)33(30(32)37,31(25,7)8)27(34)24-12-10-9-11-13-24/h9-15,18,25,35H,16-17,19-20H2,1-8H3/t25-,32?,33?/m0/s1. The second kappa shape index (κ2) is 10.4. The van der Waals surface area contributed by atoms with Gasteiger partial charge in [0, 0.05) is 11.1 Å². The predicted molar refractivity (Wildman–Crippen MR) is 149 cm³/mol. The van der Waals surface area contributed by atoms with Crippen molar-refractivity contribution in [2.24, 2.45) is 22.2 Å². The van der Waals surface area contributed by atoms with E-state index in [1.54, 1.807) is 24.3 Å². The van der Waals surface area contributed by atoms with E-state index in [4.69, 9.17) is 0 Å². The van der Waals surface area contributed by atoms with E-state index in [0.717, 1.165) is 16.7 Å². The number of carbonyl (C=O) groups excluding carboxylic acids is 3. The van der Waals surface area contributed by atoms with Crippen LogP contribution in [0, 0.1) is 22.2 Å². The zero-order valence-corrected chi connectivity index (χ0v) is 23.7. The zero-order valence-electron chi connectivity index (χ0n) is 23.7. The molecule has 0 aliphatic heterocycles. The van der Waals surface area contributed by atoms with E-state index in [-0.39, 0.29) is 30.1 Å². The molecule has 1 aromatic rings. The van der Waals surface area contributed by atoms with E-state index in [1.165, 1.54) is 0 Å². The molecule has 0 heterocycles. The maximum Gasteiger partial charge on any atom is 0.184 e. The van der Waals surface area contributed by atoms with Gasteiger partial charge in [-0.2, -0.15) is 0 Å². The number of hydrogen-bond acceptors (Lipinski definition) is 4. The number of benzene rings is 1. The molecule has 4 nitrogen and oxygen atoms in total. The Morgan fingerprint density at radius 1 is 0.919 bits per heavy atom. The van der Waals surface area contributed by atoms with Crippen LogP contribution >= 0.6 is 0 Å². The van der Waals surface area contributed by atoms with Gasteiger partial charge in [-0.05, 0) is 78.6 Å². The average Bonchev–Trinajstić information content (AvgIpc) is 2.82. The normalized spacial score (nSPS) is 26.4. The lowest BCUT2D eigenvalue weighted by molar-refractivity contribution is -0.164. The molecular formula is C33H42O4. The summed E-state index contributed by atoms with van der Waals surface area (Å²) in [4.78, 5) is 43.9. The van der Waals surface area contributed by atoms with Crippen LogP contribution in [0.3, 0.4) is 0 Å². The first-order valence-electron chi connectivity index (χ1n) is 13.3. The summed E-state index contributed by atoms with van der Waals surface area (Å²) in [6.45, 7) is 15.6. The van der Waals surface area contributed by atoms with Crippen molar-refractivity contribution in [3.05, 3.63) is 82.2 Å². The smallest absolute Gasteiger partial charge is 0.184 e. The quantitative estimate of drug-likeness (QED) is 0.223. The maximum atomic E-state index is 14.8. The van der Waals surface area contributed by atoms with Gasteiger partial charge in [-0.25, -0.2) is 0 Å². The van der Waals surface area contributed by atoms with Gasteiger partial charge in [0.25, 0.3) is 0 Å². The molecule has 2 aliphatic carbocycles. The number of aliphatic hydroxyl groups is 1. The van der Waals surface area contributed by atoms with Gasteiger partial charge in [0.15, 0.2) is 22.8 Å². The van der Waals surface area contributed by atoms with Gasteiger partial charge in [0.1, 0.15) is 5.76 Å². The van der Waals surface area contributed by atoms with Crippen LogP contribution in [0.2, 0.25) is 0 Å². The van der Waals surface area contributed by atoms with Crippen molar-refractivity contribution in [1.82, 2.24) is 0 Å². The number of Topliss-reactive ketones (excluding diaryl/α,β-unsaturated/α-hetero) is 3. The largest absolute Gasteiger partial charge is 0.511 e. The molecule has 0 aromatic heterocycles. The van der Waals surface area contributed by atoms with Gasteiger partial charge in [0.05, 0.1) is 5.41 Å². The second-order valence-corrected chi connectivity index (χ2v) is 12.1. The van der Waals surface area contributed by atoms with E-state index in [9.17, 15) is 19.5 Å².